The molecule has 0 aliphatic carbocycles. The Labute approximate surface area is 148 Å². The Balaban J connectivity index is 1.63. The average Bonchev–Trinajstić information content (AvgIpc) is 3.03. The normalized spacial score (nSPS) is 16.1. The first kappa shape index (κ1) is 17.5. The number of carbonyl (C=O) groups excluding carboxylic acids is 1. The van der Waals surface area contributed by atoms with Crippen LogP contribution in [0.2, 0.25) is 0 Å². The Hall–Kier alpha value is -2.37. The molecule has 1 aliphatic heterocycles. The van der Waals surface area contributed by atoms with Gasteiger partial charge in [0, 0.05) is 24.6 Å². The third-order valence-electron chi connectivity index (χ3n) is 4.32. The van der Waals surface area contributed by atoms with Gasteiger partial charge in [-0.3, -0.25) is 0 Å². The van der Waals surface area contributed by atoms with Crippen molar-refractivity contribution in [2.24, 2.45) is 0 Å². The van der Waals surface area contributed by atoms with Crippen LogP contribution in [0, 0.1) is 6.92 Å². The number of amides is 1. The zero-order valence-corrected chi connectivity index (χ0v) is 15.3. The summed E-state index contributed by atoms with van der Waals surface area (Å²) in [6.45, 7) is 8.95. The number of likely N-dealkylation sites (tertiary alicyclic amines) is 1. The SMILES string of the molecule is Cc1ccccc1-c1noc(C2CCN(C(=O)OC(C)(C)C)CC2)n1. The predicted molar refractivity (Wildman–Crippen MR) is 94.3 cm³/mol. The van der Waals surface area contributed by atoms with Gasteiger partial charge in [-0.05, 0) is 46.1 Å². The second kappa shape index (κ2) is 6.86. The molecule has 0 N–H and O–H groups in total. The van der Waals surface area contributed by atoms with E-state index >= 15 is 0 Å². The third-order valence-corrected chi connectivity index (χ3v) is 4.32. The number of benzene rings is 1. The molecule has 1 aromatic heterocycles. The number of carbonyl (C=O) groups is 1. The lowest BCUT2D eigenvalue weighted by molar-refractivity contribution is 0.0198. The van der Waals surface area contributed by atoms with E-state index in [1.165, 1.54) is 0 Å². The predicted octanol–water partition coefficient (Wildman–Crippen LogP) is 4.16. The lowest BCUT2D eigenvalue weighted by Crippen LogP contribution is -2.41. The first-order chi connectivity index (χ1) is 11.8. The van der Waals surface area contributed by atoms with Crippen molar-refractivity contribution < 1.29 is 14.1 Å². The van der Waals surface area contributed by atoms with Crippen LogP contribution in [0.1, 0.15) is 51.0 Å². The van der Waals surface area contributed by atoms with Crippen molar-refractivity contribution in [3.8, 4) is 11.4 Å². The van der Waals surface area contributed by atoms with Crippen LogP contribution in [0.4, 0.5) is 4.79 Å². The summed E-state index contributed by atoms with van der Waals surface area (Å²) in [5.74, 6) is 1.47. The van der Waals surface area contributed by atoms with Crippen molar-refractivity contribution in [1.82, 2.24) is 15.0 Å². The van der Waals surface area contributed by atoms with Crippen molar-refractivity contribution in [3.63, 3.8) is 0 Å². The van der Waals surface area contributed by atoms with Crippen LogP contribution in [0.5, 0.6) is 0 Å². The molecule has 1 aromatic carbocycles. The Morgan fingerprint density at radius 1 is 1.24 bits per heavy atom. The number of hydrogen-bond donors (Lipinski definition) is 0. The summed E-state index contributed by atoms with van der Waals surface area (Å²) >= 11 is 0. The maximum absolute atomic E-state index is 12.1. The minimum absolute atomic E-state index is 0.184. The van der Waals surface area contributed by atoms with E-state index in [4.69, 9.17) is 9.26 Å². The summed E-state index contributed by atoms with van der Waals surface area (Å²) in [6.07, 6.45) is 1.35. The van der Waals surface area contributed by atoms with E-state index in [-0.39, 0.29) is 12.0 Å². The fourth-order valence-electron chi connectivity index (χ4n) is 2.97. The summed E-state index contributed by atoms with van der Waals surface area (Å²) in [7, 11) is 0. The number of ether oxygens (including phenoxy) is 1. The largest absolute Gasteiger partial charge is 0.444 e. The minimum atomic E-state index is -0.469. The molecule has 0 saturated carbocycles. The number of aromatic nitrogens is 2. The van der Waals surface area contributed by atoms with Gasteiger partial charge in [0.05, 0.1) is 0 Å². The second-order valence-corrected chi connectivity index (χ2v) is 7.51. The highest BCUT2D eigenvalue weighted by Crippen LogP contribution is 2.29. The lowest BCUT2D eigenvalue weighted by atomic mass is 9.97. The molecule has 6 nitrogen and oxygen atoms in total. The lowest BCUT2D eigenvalue weighted by Gasteiger charge is -2.32. The number of aryl methyl sites for hydroxylation is 1. The van der Waals surface area contributed by atoms with Gasteiger partial charge in [-0.25, -0.2) is 4.79 Å². The summed E-state index contributed by atoms with van der Waals surface area (Å²) in [6, 6.07) is 7.99. The molecule has 1 aliphatic rings. The second-order valence-electron chi connectivity index (χ2n) is 7.51. The zero-order chi connectivity index (χ0) is 18.0. The molecule has 1 saturated heterocycles. The van der Waals surface area contributed by atoms with Gasteiger partial charge in [-0.1, -0.05) is 29.4 Å². The fourth-order valence-corrected chi connectivity index (χ4v) is 2.97. The minimum Gasteiger partial charge on any atom is -0.444 e. The van der Waals surface area contributed by atoms with E-state index in [0.717, 1.165) is 24.0 Å². The molecule has 3 rings (SSSR count). The van der Waals surface area contributed by atoms with Crippen LogP contribution in [0.3, 0.4) is 0 Å². The monoisotopic (exact) mass is 343 g/mol. The molecule has 2 aromatic rings. The molecular weight excluding hydrogens is 318 g/mol. The maximum Gasteiger partial charge on any atom is 0.410 e. The van der Waals surface area contributed by atoms with Crippen molar-refractivity contribution in [3.05, 3.63) is 35.7 Å². The van der Waals surface area contributed by atoms with Crippen LogP contribution in [0.15, 0.2) is 28.8 Å². The highest BCUT2D eigenvalue weighted by atomic mass is 16.6. The Morgan fingerprint density at radius 2 is 1.92 bits per heavy atom. The molecule has 6 heteroatoms. The van der Waals surface area contributed by atoms with Gasteiger partial charge >= 0.3 is 6.09 Å². The fraction of sp³-hybridized carbons (Fsp3) is 0.526. The maximum atomic E-state index is 12.1. The first-order valence-corrected chi connectivity index (χ1v) is 8.71. The summed E-state index contributed by atoms with van der Waals surface area (Å²) < 4.78 is 10.9. The van der Waals surface area contributed by atoms with Crippen LogP contribution < -0.4 is 0 Å². The van der Waals surface area contributed by atoms with Crippen molar-refractivity contribution >= 4 is 6.09 Å². The first-order valence-electron chi connectivity index (χ1n) is 8.71. The number of nitrogens with zero attached hydrogens (tertiary/aromatic N) is 3. The van der Waals surface area contributed by atoms with Crippen LogP contribution in [0.25, 0.3) is 11.4 Å². The van der Waals surface area contributed by atoms with E-state index in [0.29, 0.717) is 24.8 Å². The van der Waals surface area contributed by atoms with Gasteiger partial charge < -0.3 is 14.2 Å². The molecule has 0 bridgehead atoms. The van der Waals surface area contributed by atoms with Gasteiger partial charge in [0.2, 0.25) is 11.7 Å². The standard InChI is InChI=1S/C19H25N3O3/c1-13-7-5-6-8-15(13)16-20-17(25-21-16)14-9-11-22(12-10-14)18(23)24-19(2,3)4/h5-8,14H,9-12H2,1-4H3. The van der Waals surface area contributed by atoms with Gasteiger partial charge in [0.25, 0.3) is 0 Å². The van der Waals surface area contributed by atoms with E-state index in [9.17, 15) is 4.79 Å². The van der Waals surface area contributed by atoms with Crippen LogP contribution in [-0.4, -0.2) is 39.8 Å². The molecule has 0 atom stereocenters. The van der Waals surface area contributed by atoms with E-state index < -0.39 is 5.60 Å². The Bertz CT molecular complexity index is 740. The third kappa shape index (κ3) is 4.18. The van der Waals surface area contributed by atoms with Gasteiger partial charge in [-0.2, -0.15) is 4.98 Å². The number of rotatable bonds is 2. The van der Waals surface area contributed by atoms with E-state index in [2.05, 4.69) is 10.1 Å². The molecular formula is C19H25N3O3. The molecule has 0 spiro atoms. The topological polar surface area (TPSA) is 68.5 Å². The molecule has 0 radical (unpaired) electrons. The molecule has 2 heterocycles. The molecule has 1 amide bonds. The Morgan fingerprint density at radius 3 is 2.56 bits per heavy atom. The highest BCUT2D eigenvalue weighted by molar-refractivity contribution is 5.68. The van der Waals surface area contributed by atoms with Crippen molar-refractivity contribution in [2.45, 2.75) is 52.1 Å². The van der Waals surface area contributed by atoms with Crippen LogP contribution in [-0.2, 0) is 4.74 Å². The van der Waals surface area contributed by atoms with Gasteiger partial charge in [0.1, 0.15) is 5.60 Å². The summed E-state index contributed by atoms with van der Waals surface area (Å²) in [5, 5.41) is 4.13. The van der Waals surface area contributed by atoms with Crippen molar-refractivity contribution in [1.29, 1.82) is 0 Å². The molecule has 134 valence electrons. The average molecular weight is 343 g/mol. The van der Waals surface area contributed by atoms with Crippen molar-refractivity contribution in [2.75, 3.05) is 13.1 Å². The molecule has 0 unspecified atom stereocenters. The molecule has 1 fully saturated rings. The summed E-state index contributed by atoms with van der Waals surface area (Å²) in [4.78, 5) is 18.5. The smallest absolute Gasteiger partial charge is 0.410 e. The van der Waals surface area contributed by atoms with E-state index in [1.807, 2.05) is 52.0 Å². The van der Waals surface area contributed by atoms with E-state index in [1.54, 1.807) is 4.90 Å². The Kier molecular flexibility index (Phi) is 4.79. The number of piperidine rings is 1. The number of hydrogen-bond acceptors (Lipinski definition) is 5. The zero-order valence-electron chi connectivity index (χ0n) is 15.3. The summed E-state index contributed by atoms with van der Waals surface area (Å²) in [5.41, 5.74) is 1.64. The van der Waals surface area contributed by atoms with Gasteiger partial charge in [-0.15, -0.1) is 0 Å². The molecule has 25 heavy (non-hydrogen) atoms. The van der Waals surface area contributed by atoms with Gasteiger partial charge in [0.15, 0.2) is 0 Å². The van der Waals surface area contributed by atoms with Crippen LogP contribution >= 0.6 is 0 Å². The quantitative estimate of drug-likeness (QED) is 0.819. The highest BCUT2D eigenvalue weighted by Gasteiger charge is 2.30.